The zero-order valence-electron chi connectivity index (χ0n) is 5.55. The largest absolute Gasteiger partial charge is 0.356 e. The van der Waals surface area contributed by atoms with Crippen LogP contribution in [0.25, 0.3) is 0 Å². The summed E-state index contributed by atoms with van der Waals surface area (Å²) in [5, 5.41) is 7.47. The van der Waals surface area contributed by atoms with Gasteiger partial charge in [-0.1, -0.05) is 0 Å². The van der Waals surface area contributed by atoms with E-state index in [1.165, 1.54) is 5.57 Å². The van der Waals surface area contributed by atoms with Crippen LogP contribution in [0, 0.1) is 11.8 Å². The predicted molar refractivity (Wildman–Crippen MR) is 39.0 cm³/mol. The molecule has 0 saturated carbocycles. The van der Waals surface area contributed by atoms with Gasteiger partial charge in [0.05, 0.1) is 24.3 Å². The molecule has 2 rings (SSSR count). The van der Waals surface area contributed by atoms with E-state index in [-0.39, 0.29) is 0 Å². The van der Waals surface area contributed by atoms with Gasteiger partial charge in [-0.15, -0.1) is 0 Å². The summed E-state index contributed by atoms with van der Waals surface area (Å²) in [6.07, 6.45) is 5.71. The van der Waals surface area contributed by atoms with E-state index in [2.05, 4.69) is 0 Å². The topological polar surface area (TPSA) is 33.1 Å². The number of rotatable bonds is 0. The van der Waals surface area contributed by atoms with Crippen LogP contribution in [0.5, 0.6) is 0 Å². The van der Waals surface area contributed by atoms with Gasteiger partial charge in [0.2, 0.25) is 0 Å². The van der Waals surface area contributed by atoms with Crippen molar-refractivity contribution in [1.82, 2.24) is 0 Å². The molecule has 0 radical (unpaired) electrons. The molecule has 0 aromatic rings. The van der Waals surface area contributed by atoms with Gasteiger partial charge in [-0.25, -0.2) is 0 Å². The van der Waals surface area contributed by atoms with Gasteiger partial charge in [0.1, 0.15) is 12.2 Å². The third kappa shape index (κ3) is 0.693. The molecule has 2 aliphatic rings. The molecular weight excluding hydrogens is 126 g/mol. The monoisotopic (exact) mass is 134 g/mol. The zero-order valence-corrected chi connectivity index (χ0v) is 5.55. The molecule has 2 heteroatoms. The Kier molecular flexibility index (Phi) is 1.14. The highest BCUT2D eigenvalue weighted by atomic mass is 16.5. The quantitative estimate of drug-likeness (QED) is 0.494. The molecule has 0 spiro atoms. The lowest BCUT2D eigenvalue weighted by atomic mass is 9.98. The van der Waals surface area contributed by atoms with Gasteiger partial charge < -0.3 is 4.74 Å². The van der Waals surface area contributed by atoms with E-state index in [4.69, 9.17) is 10.1 Å². The van der Waals surface area contributed by atoms with Crippen molar-refractivity contribution in [2.45, 2.75) is 0 Å². The number of hydrogen-bond donors (Lipinski definition) is 1. The first-order chi connectivity index (χ1) is 4.88. The lowest BCUT2D eigenvalue weighted by Gasteiger charge is -1.96. The van der Waals surface area contributed by atoms with Crippen LogP contribution in [0.4, 0.5) is 0 Å². The average molecular weight is 134 g/mol. The van der Waals surface area contributed by atoms with Gasteiger partial charge in [-0.3, -0.25) is 5.41 Å². The smallest absolute Gasteiger partial charge is 0.171 e. The van der Waals surface area contributed by atoms with Crippen LogP contribution in [0.15, 0.2) is 23.3 Å². The summed E-state index contributed by atoms with van der Waals surface area (Å²) in [5.41, 5.74) is 2.84. The lowest BCUT2D eigenvalue weighted by Crippen LogP contribution is -2.04. The number of hydrogen-bond acceptors (Lipinski definition) is 2. The van der Waals surface area contributed by atoms with Crippen molar-refractivity contribution in [3.63, 3.8) is 0 Å². The molecule has 50 valence electrons. The Bertz CT molecular complexity index is 238. The molecule has 1 aliphatic heterocycles. The van der Waals surface area contributed by atoms with Crippen molar-refractivity contribution >= 4 is 5.71 Å². The molecule has 1 heterocycles. The Labute approximate surface area is 59.7 Å². The van der Waals surface area contributed by atoms with Gasteiger partial charge in [0, 0.05) is 6.42 Å². The molecule has 0 amide bonds. The molecule has 10 heavy (non-hydrogen) atoms. The second-order valence-corrected chi connectivity index (χ2v) is 2.44. The molecule has 1 aliphatic carbocycles. The van der Waals surface area contributed by atoms with Crippen LogP contribution >= 0.6 is 0 Å². The molecule has 0 aromatic carbocycles. The average Bonchev–Trinajstić information content (AvgIpc) is 2.36. The summed E-state index contributed by atoms with van der Waals surface area (Å²) in [7, 11) is 0. The number of nitrogens with one attached hydrogen (secondary N) is 1. The van der Waals surface area contributed by atoms with Crippen molar-refractivity contribution in [2.75, 3.05) is 13.2 Å². The van der Waals surface area contributed by atoms with Gasteiger partial charge in [-0.2, -0.15) is 0 Å². The van der Waals surface area contributed by atoms with Crippen LogP contribution in [0.2, 0.25) is 0 Å². The third-order valence-electron chi connectivity index (χ3n) is 1.78. The minimum absolute atomic E-state index is 0.606. The van der Waals surface area contributed by atoms with Crippen molar-refractivity contribution < 1.29 is 4.74 Å². The molecule has 1 N–H and O–H groups in total. The van der Waals surface area contributed by atoms with Crippen LogP contribution < -0.4 is 0 Å². The lowest BCUT2D eigenvalue weighted by molar-refractivity contribution is 0.207. The Balaban J connectivity index is 2.35. The summed E-state index contributed by atoms with van der Waals surface area (Å²) in [6.45, 7) is 1.30. The van der Waals surface area contributed by atoms with E-state index in [1.807, 2.05) is 12.5 Å². The fourth-order valence-corrected chi connectivity index (χ4v) is 1.20. The Morgan fingerprint density at radius 1 is 1.50 bits per heavy atom. The first kappa shape index (κ1) is 5.74. The summed E-state index contributed by atoms with van der Waals surface area (Å²) in [4.78, 5) is 0. The first-order valence-electron chi connectivity index (χ1n) is 3.28. The Morgan fingerprint density at radius 3 is 3.20 bits per heavy atom. The summed E-state index contributed by atoms with van der Waals surface area (Å²) >= 11 is 0. The van der Waals surface area contributed by atoms with Crippen molar-refractivity contribution in [2.24, 2.45) is 0 Å². The van der Waals surface area contributed by atoms with Crippen molar-refractivity contribution in [3.05, 3.63) is 29.7 Å². The second-order valence-electron chi connectivity index (χ2n) is 2.44. The molecule has 0 aromatic heterocycles. The van der Waals surface area contributed by atoms with Gasteiger partial charge in [0.15, 0.2) is 5.71 Å². The zero-order chi connectivity index (χ0) is 6.97. The van der Waals surface area contributed by atoms with E-state index in [1.54, 1.807) is 6.08 Å². The predicted octanol–water partition coefficient (Wildman–Crippen LogP) is 1.11. The van der Waals surface area contributed by atoms with Crippen molar-refractivity contribution in [3.8, 4) is 0 Å². The van der Waals surface area contributed by atoms with Crippen LogP contribution in [-0.2, 0) is 4.74 Å². The van der Waals surface area contributed by atoms with E-state index < -0.39 is 0 Å². The maximum atomic E-state index is 7.47. The highest BCUT2D eigenvalue weighted by molar-refractivity contribution is 6.08. The normalized spacial score (nSPS) is 23.0. The number of ether oxygens (including phenoxy) is 1. The Morgan fingerprint density at radius 2 is 2.40 bits per heavy atom. The standard InChI is InChI=1S/C8H8NO/c9-8-3-1-2-6-4-10-5-7(6)8/h1-3,9H,4-5H2/q+1. The summed E-state index contributed by atoms with van der Waals surface area (Å²) < 4.78 is 5.18. The summed E-state index contributed by atoms with van der Waals surface area (Å²) in [6, 6.07) is 0. The molecule has 0 fully saturated rings. The SMILES string of the molecule is N=C1C=C[CH+]C2=C1COC2. The van der Waals surface area contributed by atoms with Crippen molar-refractivity contribution in [1.29, 1.82) is 5.41 Å². The molecule has 0 bridgehead atoms. The maximum absolute atomic E-state index is 7.47. The Hall–Kier alpha value is -1.02. The first-order valence-corrected chi connectivity index (χ1v) is 3.28. The van der Waals surface area contributed by atoms with E-state index >= 15 is 0 Å². The van der Waals surface area contributed by atoms with E-state index in [0.717, 1.165) is 5.57 Å². The van der Waals surface area contributed by atoms with Crippen LogP contribution in [0.1, 0.15) is 0 Å². The minimum atomic E-state index is 0.606. The minimum Gasteiger partial charge on any atom is -0.356 e. The van der Waals surface area contributed by atoms with Gasteiger partial charge >= 0.3 is 0 Å². The van der Waals surface area contributed by atoms with Gasteiger partial charge in [0.25, 0.3) is 0 Å². The van der Waals surface area contributed by atoms with Crippen LogP contribution in [0.3, 0.4) is 0 Å². The van der Waals surface area contributed by atoms with E-state index in [9.17, 15) is 0 Å². The molecule has 0 unspecified atom stereocenters. The fourth-order valence-electron chi connectivity index (χ4n) is 1.20. The molecule has 0 saturated heterocycles. The highest BCUT2D eigenvalue weighted by Gasteiger charge is 2.27. The molecule has 2 nitrogen and oxygen atoms in total. The van der Waals surface area contributed by atoms with E-state index in [0.29, 0.717) is 18.9 Å². The maximum Gasteiger partial charge on any atom is 0.171 e. The third-order valence-corrected chi connectivity index (χ3v) is 1.78. The number of allylic oxidation sites excluding steroid dienone is 2. The highest BCUT2D eigenvalue weighted by Crippen LogP contribution is 2.21. The van der Waals surface area contributed by atoms with Gasteiger partial charge in [-0.05, 0) is 0 Å². The van der Waals surface area contributed by atoms with Crippen LogP contribution in [-0.4, -0.2) is 18.9 Å². The molecular formula is C8H8NO+. The second kappa shape index (κ2) is 1.99. The molecule has 0 atom stereocenters. The summed E-state index contributed by atoms with van der Waals surface area (Å²) in [5.74, 6) is 0. The fraction of sp³-hybridized carbons (Fsp3) is 0.250.